The number of fused-ring (bicyclic) bond motifs is 1. The Morgan fingerprint density at radius 3 is 2.71 bits per heavy atom. The van der Waals surface area contributed by atoms with Crippen molar-refractivity contribution in [1.29, 1.82) is 0 Å². The lowest BCUT2D eigenvalue weighted by atomic mass is 10.2. The Morgan fingerprint density at radius 2 is 2.00 bits per heavy atom. The number of hydrogen-bond donors (Lipinski definition) is 0. The first-order valence-corrected chi connectivity index (χ1v) is 4.87. The van der Waals surface area contributed by atoms with Crippen LogP contribution in [-0.4, -0.2) is 8.76 Å². The molecule has 1 heterocycles. The molecule has 0 radical (unpaired) electrons. The average molecular weight is 209 g/mol. The second-order valence-electron chi connectivity index (χ2n) is 2.69. The summed E-state index contributed by atoms with van der Waals surface area (Å²) in [5.41, 5.74) is -0.0693. The van der Waals surface area contributed by atoms with Crippen LogP contribution in [0.25, 0.3) is 11.0 Å². The van der Waals surface area contributed by atoms with Crippen LogP contribution in [0.3, 0.4) is 0 Å². The number of rotatable bonds is 1. The summed E-state index contributed by atoms with van der Waals surface area (Å²) in [4.78, 5) is 11.0. The summed E-state index contributed by atoms with van der Waals surface area (Å²) in [6.45, 7) is 0. The molecule has 1 unspecified atom stereocenters. The van der Waals surface area contributed by atoms with Gasteiger partial charge < -0.3 is 8.97 Å². The predicted molar refractivity (Wildman–Crippen MR) is 49.7 cm³/mol. The molecule has 0 spiro atoms. The van der Waals surface area contributed by atoms with Crippen molar-refractivity contribution in [2.75, 3.05) is 0 Å². The first-order chi connectivity index (χ1) is 6.66. The van der Waals surface area contributed by atoms with Crippen LogP contribution in [0.4, 0.5) is 0 Å². The molecule has 0 amide bonds. The van der Waals surface area contributed by atoms with Crippen molar-refractivity contribution in [3.05, 3.63) is 40.8 Å². The quantitative estimate of drug-likeness (QED) is 0.519. The maximum Gasteiger partial charge on any atom is 0.336 e. The van der Waals surface area contributed by atoms with Crippen LogP contribution >= 0.6 is 0 Å². The van der Waals surface area contributed by atoms with Gasteiger partial charge in [0.15, 0.2) is 0 Å². The third-order valence-corrected chi connectivity index (χ3v) is 2.42. The highest BCUT2D eigenvalue weighted by atomic mass is 32.2. The minimum absolute atomic E-state index is 0.173. The highest BCUT2D eigenvalue weighted by molar-refractivity contribution is 7.79. The molecule has 2 rings (SSSR count). The van der Waals surface area contributed by atoms with Gasteiger partial charge in [0.1, 0.15) is 5.58 Å². The van der Waals surface area contributed by atoms with E-state index in [-0.39, 0.29) is 4.90 Å². The van der Waals surface area contributed by atoms with Crippen molar-refractivity contribution in [3.63, 3.8) is 0 Å². The fraction of sp³-hybridized carbons (Fsp3) is 0. The van der Waals surface area contributed by atoms with E-state index in [0.29, 0.717) is 11.0 Å². The minimum atomic E-state index is -2.26. The van der Waals surface area contributed by atoms with Crippen LogP contribution in [0.1, 0.15) is 0 Å². The zero-order valence-electron chi connectivity index (χ0n) is 6.93. The van der Waals surface area contributed by atoms with Gasteiger partial charge in [-0.3, -0.25) is 4.21 Å². The van der Waals surface area contributed by atoms with E-state index in [0.717, 1.165) is 0 Å². The lowest BCUT2D eigenvalue weighted by Crippen LogP contribution is -1.95. The van der Waals surface area contributed by atoms with Crippen molar-refractivity contribution in [3.8, 4) is 0 Å². The lowest BCUT2D eigenvalue weighted by Gasteiger charge is -2.04. The molecule has 0 saturated heterocycles. The zero-order chi connectivity index (χ0) is 10.1. The third kappa shape index (κ3) is 1.59. The molecule has 0 fully saturated rings. The minimum Gasteiger partial charge on any atom is -0.768 e. The highest BCUT2D eigenvalue weighted by Gasteiger charge is 1.98. The third-order valence-electron chi connectivity index (χ3n) is 1.78. The van der Waals surface area contributed by atoms with Gasteiger partial charge in [-0.25, -0.2) is 4.79 Å². The second-order valence-corrected chi connectivity index (χ2v) is 3.63. The van der Waals surface area contributed by atoms with Crippen LogP contribution in [-0.2, 0) is 11.1 Å². The Morgan fingerprint density at radius 1 is 1.21 bits per heavy atom. The fourth-order valence-electron chi connectivity index (χ4n) is 1.15. The van der Waals surface area contributed by atoms with E-state index >= 15 is 0 Å². The van der Waals surface area contributed by atoms with Gasteiger partial charge in [-0.05, 0) is 35.3 Å². The van der Waals surface area contributed by atoms with Crippen LogP contribution in [0.2, 0.25) is 0 Å². The molecule has 5 heteroatoms. The van der Waals surface area contributed by atoms with Gasteiger partial charge in [0, 0.05) is 16.3 Å². The van der Waals surface area contributed by atoms with E-state index in [4.69, 9.17) is 4.42 Å². The van der Waals surface area contributed by atoms with Gasteiger partial charge in [0.05, 0.1) is 0 Å². The average Bonchev–Trinajstić information content (AvgIpc) is 2.16. The molecule has 1 aromatic carbocycles. The standard InChI is InChI=1S/C9H6O4S/c10-9-4-1-6-5-7(14(11)12)2-3-8(6)13-9/h1-5H,(H,11,12)/p-1. The van der Waals surface area contributed by atoms with Crippen molar-refractivity contribution in [1.82, 2.24) is 0 Å². The summed E-state index contributed by atoms with van der Waals surface area (Å²) < 4.78 is 26.1. The Balaban J connectivity index is 2.73. The molecule has 2 aromatic rings. The second kappa shape index (κ2) is 3.36. The molecule has 0 aliphatic heterocycles. The monoisotopic (exact) mass is 209 g/mol. The molecule has 1 aromatic heterocycles. The molecule has 1 atom stereocenters. The van der Waals surface area contributed by atoms with E-state index in [1.165, 1.54) is 30.3 Å². The maximum atomic E-state index is 10.8. The van der Waals surface area contributed by atoms with E-state index in [1.807, 2.05) is 0 Å². The summed E-state index contributed by atoms with van der Waals surface area (Å²) in [5, 5.41) is 0.589. The molecular formula is C9H5O4S-. The summed E-state index contributed by atoms with van der Waals surface area (Å²) in [7, 11) is 0. The van der Waals surface area contributed by atoms with Crippen LogP contribution in [0, 0.1) is 0 Å². The molecule has 72 valence electrons. The first-order valence-electron chi connectivity index (χ1n) is 3.80. The largest absolute Gasteiger partial charge is 0.768 e. The van der Waals surface area contributed by atoms with Gasteiger partial charge in [0.25, 0.3) is 0 Å². The molecule has 0 N–H and O–H groups in total. The van der Waals surface area contributed by atoms with Crippen molar-refractivity contribution >= 4 is 22.0 Å². The normalized spacial score (nSPS) is 12.9. The van der Waals surface area contributed by atoms with Crippen LogP contribution in [0.5, 0.6) is 0 Å². The lowest BCUT2D eigenvalue weighted by molar-refractivity contribution is 0.537. The van der Waals surface area contributed by atoms with Gasteiger partial charge in [-0.15, -0.1) is 0 Å². The molecule has 14 heavy (non-hydrogen) atoms. The SMILES string of the molecule is O=c1ccc2cc(S(=O)[O-])ccc2o1. The smallest absolute Gasteiger partial charge is 0.336 e. The molecule has 0 saturated carbocycles. The van der Waals surface area contributed by atoms with E-state index in [2.05, 4.69) is 0 Å². The summed E-state index contributed by atoms with van der Waals surface area (Å²) in [5.74, 6) is 0. The van der Waals surface area contributed by atoms with Gasteiger partial charge in [0.2, 0.25) is 0 Å². The molecule has 4 nitrogen and oxygen atoms in total. The topological polar surface area (TPSA) is 70.3 Å². The molecule has 0 aliphatic rings. The first kappa shape index (κ1) is 9.11. The van der Waals surface area contributed by atoms with E-state index in [1.54, 1.807) is 0 Å². The van der Waals surface area contributed by atoms with Crippen molar-refractivity contribution < 1.29 is 13.2 Å². The molecular weight excluding hydrogens is 204 g/mol. The van der Waals surface area contributed by atoms with Gasteiger partial charge in [-0.2, -0.15) is 0 Å². The number of benzene rings is 1. The Hall–Kier alpha value is -1.46. The van der Waals surface area contributed by atoms with Gasteiger partial charge in [-0.1, -0.05) is 0 Å². The van der Waals surface area contributed by atoms with E-state index < -0.39 is 16.7 Å². The van der Waals surface area contributed by atoms with Crippen LogP contribution < -0.4 is 5.63 Å². The molecule has 0 aliphatic carbocycles. The number of hydrogen-bond acceptors (Lipinski definition) is 4. The summed E-state index contributed by atoms with van der Waals surface area (Å²) in [6.07, 6.45) is 0. The maximum absolute atomic E-state index is 10.8. The Kier molecular flexibility index (Phi) is 2.18. The van der Waals surface area contributed by atoms with Crippen molar-refractivity contribution in [2.24, 2.45) is 0 Å². The molecule has 0 bridgehead atoms. The zero-order valence-corrected chi connectivity index (χ0v) is 7.74. The van der Waals surface area contributed by atoms with E-state index in [9.17, 15) is 13.6 Å². The Bertz CT molecular complexity index is 558. The van der Waals surface area contributed by atoms with Crippen LogP contribution in [0.15, 0.2) is 44.4 Å². The predicted octanol–water partition coefficient (Wildman–Crippen LogP) is 1.03. The van der Waals surface area contributed by atoms with Gasteiger partial charge >= 0.3 is 5.63 Å². The fourth-order valence-corrected chi connectivity index (χ4v) is 1.56. The summed E-state index contributed by atoms with van der Waals surface area (Å²) in [6, 6.07) is 7.06. The Labute approximate surface area is 81.5 Å². The highest BCUT2D eigenvalue weighted by Crippen LogP contribution is 2.15. The summed E-state index contributed by atoms with van der Waals surface area (Å²) >= 11 is -2.26. The van der Waals surface area contributed by atoms with Crippen molar-refractivity contribution in [2.45, 2.75) is 4.90 Å².